The smallest absolute Gasteiger partial charge is 0.452 e. The van der Waals surface area contributed by atoms with Crippen LogP contribution in [0.2, 0.25) is 5.02 Å². The molecular formula is C30H25ClF3NO6. The zero-order chi connectivity index (χ0) is 29.5. The van der Waals surface area contributed by atoms with Gasteiger partial charge in [-0.1, -0.05) is 30.7 Å². The molecule has 5 rings (SSSR count). The highest BCUT2D eigenvalue weighted by Gasteiger charge is 2.39. The highest BCUT2D eigenvalue weighted by molar-refractivity contribution is 6.30. The first-order valence-electron chi connectivity index (χ1n) is 12.8. The number of hydrogen-bond donors (Lipinski definition) is 1. The third-order valence-corrected chi connectivity index (χ3v) is 7.47. The average molecular weight is 588 g/mol. The molecule has 0 spiro atoms. The maximum atomic E-state index is 13.6. The molecule has 0 fully saturated rings. The Morgan fingerprint density at radius 3 is 2.49 bits per heavy atom. The predicted molar refractivity (Wildman–Crippen MR) is 145 cm³/mol. The van der Waals surface area contributed by atoms with Gasteiger partial charge in [0.15, 0.2) is 5.78 Å². The first-order valence-corrected chi connectivity index (χ1v) is 13.2. The van der Waals surface area contributed by atoms with Gasteiger partial charge >= 0.3 is 12.5 Å². The molecule has 1 aliphatic rings. The van der Waals surface area contributed by atoms with Gasteiger partial charge in [0, 0.05) is 47.1 Å². The number of ether oxygens (including phenoxy) is 3. The van der Waals surface area contributed by atoms with Crippen molar-refractivity contribution < 1.29 is 42.1 Å². The molecule has 2 heterocycles. The van der Waals surface area contributed by atoms with Crippen molar-refractivity contribution in [1.82, 2.24) is 4.57 Å². The first kappa shape index (κ1) is 28.4. The lowest BCUT2D eigenvalue weighted by Crippen LogP contribution is -2.43. The molecule has 0 bridgehead atoms. The molecule has 0 radical (unpaired) electrons. The van der Waals surface area contributed by atoms with E-state index >= 15 is 0 Å². The van der Waals surface area contributed by atoms with Crippen LogP contribution in [0.5, 0.6) is 11.5 Å². The topological polar surface area (TPSA) is 87.0 Å². The van der Waals surface area contributed by atoms with E-state index in [0.717, 1.165) is 11.1 Å². The number of aryl methyl sites for hydroxylation is 1. The molecular weight excluding hydrogens is 563 g/mol. The van der Waals surface area contributed by atoms with E-state index in [1.54, 1.807) is 48.7 Å². The lowest BCUT2D eigenvalue weighted by Gasteiger charge is -2.36. The van der Waals surface area contributed by atoms with Gasteiger partial charge in [0.1, 0.15) is 11.5 Å². The number of hydrogen-bond acceptors (Lipinski definition) is 5. The highest BCUT2D eigenvalue weighted by atomic mass is 35.5. The van der Waals surface area contributed by atoms with Gasteiger partial charge in [0.25, 0.3) is 5.79 Å². The molecule has 7 nitrogen and oxygen atoms in total. The average Bonchev–Trinajstić information content (AvgIpc) is 3.17. The largest absolute Gasteiger partial charge is 0.573 e. The van der Waals surface area contributed by atoms with Gasteiger partial charge in [0.2, 0.25) is 0 Å². The molecule has 0 aliphatic carbocycles. The molecule has 3 aromatic carbocycles. The predicted octanol–water partition coefficient (Wildman–Crippen LogP) is 7.91. The Kier molecular flexibility index (Phi) is 7.37. The fourth-order valence-electron chi connectivity index (χ4n) is 5.20. The van der Waals surface area contributed by atoms with Crippen molar-refractivity contribution in [2.45, 2.75) is 51.8 Å². The molecule has 11 heteroatoms. The van der Waals surface area contributed by atoms with Crippen molar-refractivity contribution in [3.05, 3.63) is 93.6 Å². The van der Waals surface area contributed by atoms with Gasteiger partial charge in [-0.2, -0.15) is 0 Å². The summed E-state index contributed by atoms with van der Waals surface area (Å²) in [5.74, 6) is -1.57. The molecule has 1 atom stereocenters. The summed E-state index contributed by atoms with van der Waals surface area (Å²) in [7, 11) is 0. The fourth-order valence-corrected chi connectivity index (χ4v) is 5.33. The minimum Gasteiger partial charge on any atom is -0.452 e. The van der Waals surface area contributed by atoms with E-state index < -0.39 is 24.1 Å². The third-order valence-electron chi connectivity index (χ3n) is 7.22. The number of nitrogens with zero attached hydrogens (tertiary/aromatic N) is 1. The Bertz CT molecular complexity index is 1650. The van der Waals surface area contributed by atoms with Gasteiger partial charge in [-0.3, -0.25) is 4.79 Å². The van der Waals surface area contributed by atoms with Crippen LogP contribution in [0.25, 0.3) is 10.9 Å². The van der Waals surface area contributed by atoms with E-state index in [4.69, 9.17) is 21.1 Å². The number of ketones is 1. The number of benzene rings is 3. The summed E-state index contributed by atoms with van der Waals surface area (Å²) < 4.78 is 56.1. The van der Waals surface area contributed by atoms with Crippen LogP contribution in [0.15, 0.2) is 60.7 Å². The Morgan fingerprint density at radius 2 is 1.83 bits per heavy atom. The molecule has 4 aromatic rings. The van der Waals surface area contributed by atoms with E-state index in [2.05, 4.69) is 4.74 Å². The fraction of sp³-hybridized carbons (Fsp3) is 0.267. The highest BCUT2D eigenvalue weighted by Crippen LogP contribution is 2.38. The second-order valence-corrected chi connectivity index (χ2v) is 10.2. The van der Waals surface area contributed by atoms with Gasteiger partial charge in [0.05, 0.1) is 11.1 Å². The summed E-state index contributed by atoms with van der Waals surface area (Å²) in [5.41, 5.74) is 3.23. The summed E-state index contributed by atoms with van der Waals surface area (Å²) in [5, 5.41) is 10.1. The Labute approximate surface area is 238 Å². The van der Waals surface area contributed by atoms with Crippen molar-refractivity contribution in [2.24, 2.45) is 0 Å². The van der Waals surface area contributed by atoms with E-state index in [1.165, 1.54) is 18.2 Å². The zero-order valence-corrected chi connectivity index (χ0v) is 22.8. The van der Waals surface area contributed by atoms with Crippen molar-refractivity contribution in [3.63, 3.8) is 0 Å². The third kappa shape index (κ3) is 5.83. The molecule has 1 aromatic heterocycles. The van der Waals surface area contributed by atoms with Crippen LogP contribution in [0.1, 0.15) is 52.5 Å². The Balaban J connectivity index is 1.58. The Hall–Kier alpha value is -4.18. The van der Waals surface area contributed by atoms with Crippen LogP contribution >= 0.6 is 11.6 Å². The minimum absolute atomic E-state index is 0.182. The Morgan fingerprint density at radius 1 is 1.10 bits per heavy atom. The molecule has 41 heavy (non-hydrogen) atoms. The van der Waals surface area contributed by atoms with Crippen molar-refractivity contribution in [1.29, 1.82) is 0 Å². The second-order valence-electron chi connectivity index (χ2n) is 9.79. The number of carbonyl (C=O) groups excluding carboxylic acids is 1. The summed E-state index contributed by atoms with van der Waals surface area (Å²) in [4.78, 5) is 24.9. The minimum atomic E-state index is -4.89. The van der Waals surface area contributed by atoms with Gasteiger partial charge < -0.3 is 23.9 Å². The monoisotopic (exact) mass is 587 g/mol. The van der Waals surface area contributed by atoms with Crippen LogP contribution in [0, 0.1) is 6.92 Å². The van der Waals surface area contributed by atoms with Crippen LogP contribution in [0.3, 0.4) is 0 Å². The molecule has 214 valence electrons. The number of fused-ring (bicyclic) bond motifs is 2. The van der Waals surface area contributed by atoms with Crippen molar-refractivity contribution in [3.8, 4) is 11.5 Å². The van der Waals surface area contributed by atoms with Crippen LogP contribution in [-0.4, -0.2) is 33.8 Å². The number of aromatic nitrogens is 1. The molecule has 0 unspecified atom stereocenters. The maximum Gasteiger partial charge on any atom is 0.573 e. The summed E-state index contributed by atoms with van der Waals surface area (Å²) >= 11 is 5.99. The number of alkyl halides is 3. The first-order chi connectivity index (χ1) is 19.4. The summed E-state index contributed by atoms with van der Waals surface area (Å²) in [6.07, 6.45) is -5.11. The van der Waals surface area contributed by atoms with Crippen molar-refractivity contribution >= 4 is 34.4 Å². The van der Waals surface area contributed by atoms with E-state index in [9.17, 15) is 27.9 Å². The van der Waals surface area contributed by atoms with Crippen molar-refractivity contribution in [2.75, 3.05) is 0 Å². The van der Waals surface area contributed by atoms with Gasteiger partial charge in [-0.15, -0.1) is 13.2 Å². The number of rotatable bonds is 7. The summed E-state index contributed by atoms with van der Waals surface area (Å²) in [6.45, 7) is 3.68. The molecule has 0 amide bonds. The van der Waals surface area contributed by atoms with E-state index in [1.807, 2.05) is 12.1 Å². The molecule has 1 aliphatic heterocycles. The normalized spacial score (nSPS) is 16.6. The van der Waals surface area contributed by atoms with Gasteiger partial charge in [-0.25, -0.2) is 4.79 Å². The van der Waals surface area contributed by atoms with Gasteiger partial charge in [-0.05, 0) is 66.9 Å². The second kappa shape index (κ2) is 10.7. The maximum absolute atomic E-state index is 13.6. The number of halogens is 4. The summed E-state index contributed by atoms with van der Waals surface area (Å²) in [6, 6.07) is 15.7. The standard InChI is InChI=1S/C30H25ClF3NO6/c1-3-29(41-28(37)38)13-12-19-5-4-18(14-25(19)40-29)16-35-17(2)26(27(36)20-6-8-21(31)9-7-20)23-11-10-22(15-24(23)35)39-30(32,33)34/h4-11,14-15H,3,12-13,16H2,1-2H3,(H,37,38)/t29-/m0/s1. The zero-order valence-electron chi connectivity index (χ0n) is 22.0. The van der Waals surface area contributed by atoms with Crippen LogP contribution < -0.4 is 9.47 Å². The number of carbonyl (C=O) groups is 2. The quantitative estimate of drug-likeness (QED) is 0.175. The number of carboxylic acid groups (broad SMARTS) is 1. The van der Waals surface area contributed by atoms with Crippen LogP contribution in [0.4, 0.5) is 18.0 Å². The molecule has 0 saturated heterocycles. The van der Waals surface area contributed by atoms with E-state index in [-0.39, 0.29) is 12.3 Å². The SMILES string of the molecule is CC[C@]1(OC(=O)O)CCc2ccc(Cn3c(C)c(C(=O)c4ccc(Cl)cc4)c4ccc(OC(F)(F)F)cc43)cc2O1. The molecule has 1 N–H and O–H groups in total. The molecule has 0 saturated carbocycles. The lowest BCUT2D eigenvalue weighted by molar-refractivity contribution is -0.274. The van der Waals surface area contributed by atoms with Crippen LogP contribution in [-0.2, 0) is 17.7 Å². The van der Waals surface area contributed by atoms with E-state index in [0.29, 0.717) is 57.8 Å². The lowest BCUT2D eigenvalue weighted by atomic mass is 9.96.